The Kier molecular flexibility index (Phi) is 5.78. The summed E-state index contributed by atoms with van der Waals surface area (Å²) in [5, 5.41) is 0.710. The molecule has 2 aromatic rings. The number of carbonyl (C=O) groups excluding carboxylic acids is 1. The van der Waals surface area contributed by atoms with E-state index in [1.165, 1.54) is 7.11 Å². The molecule has 0 spiro atoms. The molecule has 0 saturated carbocycles. The van der Waals surface area contributed by atoms with E-state index in [0.29, 0.717) is 18.2 Å². The van der Waals surface area contributed by atoms with E-state index in [-0.39, 0.29) is 12.4 Å². The summed E-state index contributed by atoms with van der Waals surface area (Å²) in [7, 11) is 1.39. The largest absolute Gasteiger partial charge is 0.469 e. The van der Waals surface area contributed by atoms with Gasteiger partial charge < -0.3 is 9.47 Å². The van der Waals surface area contributed by atoms with Gasteiger partial charge in [0.15, 0.2) is 0 Å². The normalized spacial score (nSPS) is 10.4. The van der Waals surface area contributed by atoms with E-state index >= 15 is 0 Å². The van der Waals surface area contributed by atoms with Crippen LogP contribution in [0.15, 0.2) is 48.5 Å². The first kappa shape index (κ1) is 15.5. The molecule has 0 atom stereocenters. The van der Waals surface area contributed by atoms with Crippen molar-refractivity contribution in [3.05, 3.63) is 70.2 Å². The second-order valence-corrected chi connectivity index (χ2v) is 5.08. The number of methoxy groups -OCH3 is 1. The lowest BCUT2D eigenvalue weighted by molar-refractivity contribution is -0.139. The van der Waals surface area contributed by atoms with Crippen LogP contribution in [0.2, 0.25) is 5.02 Å². The van der Waals surface area contributed by atoms with Gasteiger partial charge in [-0.25, -0.2) is 0 Å². The third kappa shape index (κ3) is 4.88. The van der Waals surface area contributed by atoms with Crippen LogP contribution in [0.4, 0.5) is 0 Å². The van der Waals surface area contributed by atoms with Crippen LogP contribution >= 0.6 is 11.6 Å². The smallest absolute Gasteiger partial charge is 0.309 e. The molecule has 2 aromatic carbocycles. The molecule has 0 bridgehead atoms. The highest BCUT2D eigenvalue weighted by Crippen LogP contribution is 2.14. The molecule has 3 nitrogen and oxygen atoms in total. The second kappa shape index (κ2) is 7.81. The number of esters is 1. The van der Waals surface area contributed by atoms with Crippen LogP contribution in [0, 0.1) is 0 Å². The average molecular weight is 305 g/mol. The van der Waals surface area contributed by atoms with Crippen molar-refractivity contribution in [3.8, 4) is 0 Å². The molecule has 0 amide bonds. The van der Waals surface area contributed by atoms with Crippen molar-refractivity contribution in [3.63, 3.8) is 0 Å². The highest BCUT2D eigenvalue weighted by molar-refractivity contribution is 6.30. The molecule has 0 saturated heterocycles. The molecule has 21 heavy (non-hydrogen) atoms. The van der Waals surface area contributed by atoms with Crippen molar-refractivity contribution in [2.45, 2.75) is 19.6 Å². The molecule has 2 rings (SSSR count). The van der Waals surface area contributed by atoms with Crippen molar-refractivity contribution in [1.29, 1.82) is 0 Å². The Morgan fingerprint density at radius 2 is 1.67 bits per heavy atom. The minimum absolute atomic E-state index is 0.250. The van der Waals surface area contributed by atoms with Crippen molar-refractivity contribution in [1.82, 2.24) is 0 Å². The minimum atomic E-state index is -0.250. The van der Waals surface area contributed by atoms with E-state index < -0.39 is 0 Å². The molecule has 0 N–H and O–H groups in total. The number of hydrogen-bond acceptors (Lipinski definition) is 3. The molecule has 0 unspecified atom stereocenters. The number of benzene rings is 2. The molecule has 0 aliphatic rings. The summed E-state index contributed by atoms with van der Waals surface area (Å²) >= 11 is 5.84. The Hall–Kier alpha value is -1.84. The predicted octanol–water partition coefficient (Wildman–Crippen LogP) is 3.77. The van der Waals surface area contributed by atoms with Gasteiger partial charge in [-0.3, -0.25) is 4.79 Å². The number of hydrogen-bond donors (Lipinski definition) is 0. The third-order valence-electron chi connectivity index (χ3n) is 3.12. The summed E-state index contributed by atoms with van der Waals surface area (Å²) in [6, 6.07) is 15.3. The van der Waals surface area contributed by atoms with Gasteiger partial charge in [-0.1, -0.05) is 48.0 Å². The molecule has 110 valence electrons. The zero-order valence-corrected chi connectivity index (χ0v) is 12.6. The van der Waals surface area contributed by atoms with E-state index in [4.69, 9.17) is 21.1 Å². The fraction of sp³-hybridized carbons (Fsp3) is 0.235. The minimum Gasteiger partial charge on any atom is -0.469 e. The van der Waals surface area contributed by atoms with Crippen molar-refractivity contribution < 1.29 is 14.3 Å². The number of ether oxygens (including phenoxy) is 2. The Morgan fingerprint density at radius 1 is 1.00 bits per heavy atom. The average Bonchev–Trinajstić information content (AvgIpc) is 2.51. The van der Waals surface area contributed by atoms with Crippen molar-refractivity contribution >= 4 is 17.6 Å². The van der Waals surface area contributed by atoms with Crippen molar-refractivity contribution in [2.75, 3.05) is 7.11 Å². The maximum atomic E-state index is 11.4. The first-order valence-corrected chi connectivity index (χ1v) is 7.02. The first-order chi connectivity index (χ1) is 10.2. The standard InChI is InChI=1S/C17H17ClO3/c1-20-17(19)10-14-4-2-3-5-15(14)12-21-11-13-6-8-16(18)9-7-13/h2-9H,10-12H2,1H3. The van der Waals surface area contributed by atoms with Gasteiger partial charge in [0.05, 0.1) is 26.7 Å². The quantitative estimate of drug-likeness (QED) is 0.762. The van der Waals surface area contributed by atoms with Gasteiger partial charge in [-0.15, -0.1) is 0 Å². The topological polar surface area (TPSA) is 35.5 Å². The summed E-state index contributed by atoms with van der Waals surface area (Å²) in [4.78, 5) is 11.4. The Morgan fingerprint density at radius 3 is 2.33 bits per heavy atom. The van der Waals surface area contributed by atoms with Gasteiger partial charge in [0, 0.05) is 5.02 Å². The fourth-order valence-corrected chi connectivity index (χ4v) is 2.08. The zero-order valence-electron chi connectivity index (χ0n) is 11.8. The Labute approximate surface area is 129 Å². The van der Waals surface area contributed by atoms with E-state index in [1.54, 1.807) is 0 Å². The highest BCUT2D eigenvalue weighted by atomic mass is 35.5. The molecule has 0 aliphatic heterocycles. The van der Waals surface area contributed by atoms with Gasteiger partial charge in [-0.2, -0.15) is 0 Å². The van der Waals surface area contributed by atoms with Crippen LogP contribution in [0.1, 0.15) is 16.7 Å². The third-order valence-corrected chi connectivity index (χ3v) is 3.37. The molecule has 0 fully saturated rings. The molecule has 4 heteroatoms. The fourth-order valence-electron chi connectivity index (χ4n) is 1.96. The van der Waals surface area contributed by atoms with Crippen LogP contribution in [0.3, 0.4) is 0 Å². The van der Waals surface area contributed by atoms with Gasteiger partial charge in [0.2, 0.25) is 0 Å². The second-order valence-electron chi connectivity index (χ2n) is 4.64. The van der Waals surface area contributed by atoms with Gasteiger partial charge in [0.1, 0.15) is 0 Å². The predicted molar refractivity (Wildman–Crippen MR) is 82.1 cm³/mol. The molecule has 0 heterocycles. The van der Waals surface area contributed by atoms with Crippen LogP contribution in [-0.2, 0) is 33.9 Å². The van der Waals surface area contributed by atoms with Gasteiger partial charge in [0.25, 0.3) is 0 Å². The molecule has 0 aliphatic carbocycles. The van der Waals surface area contributed by atoms with Gasteiger partial charge in [-0.05, 0) is 28.8 Å². The van der Waals surface area contributed by atoms with Crippen LogP contribution < -0.4 is 0 Å². The summed E-state index contributed by atoms with van der Waals surface area (Å²) in [5.74, 6) is -0.250. The molecular weight excluding hydrogens is 288 g/mol. The lowest BCUT2D eigenvalue weighted by atomic mass is 10.1. The summed E-state index contributed by atoms with van der Waals surface area (Å²) in [6.07, 6.45) is 0.261. The number of rotatable bonds is 6. The molecule has 0 aromatic heterocycles. The first-order valence-electron chi connectivity index (χ1n) is 6.65. The van der Waals surface area contributed by atoms with Crippen LogP contribution in [-0.4, -0.2) is 13.1 Å². The lowest BCUT2D eigenvalue weighted by Crippen LogP contribution is -2.07. The summed E-state index contributed by atoms with van der Waals surface area (Å²) in [5.41, 5.74) is 2.99. The maximum absolute atomic E-state index is 11.4. The Balaban J connectivity index is 1.93. The highest BCUT2D eigenvalue weighted by Gasteiger charge is 2.07. The van der Waals surface area contributed by atoms with E-state index in [0.717, 1.165) is 16.7 Å². The SMILES string of the molecule is COC(=O)Cc1ccccc1COCc1ccc(Cl)cc1. The summed E-state index contributed by atoms with van der Waals surface area (Å²) < 4.78 is 10.4. The summed E-state index contributed by atoms with van der Waals surface area (Å²) in [6.45, 7) is 0.958. The number of halogens is 1. The zero-order chi connectivity index (χ0) is 15.1. The van der Waals surface area contributed by atoms with E-state index in [1.807, 2.05) is 48.5 Å². The van der Waals surface area contributed by atoms with Crippen LogP contribution in [0.5, 0.6) is 0 Å². The van der Waals surface area contributed by atoms with Gasteiger partial charge >= 0.3 is 5.97 Å². The lowest BCUT2D eigenvalue weighted by Gasteiger charge is -2.09. The molecular formula is C17H17ClO3. The van der Waals surface area contributed by atoms with E-state index in [9.17, 15) is 4.79 Å². The Bertz CT molecular complexity index is 593. The van der Waals surface area contributed by atoms with E-state index in [2.05, 4.69) is 0 Å². The maximum Gasteiger partial charge on any atom is 0.309 e. The number of carbonyl (C=O) groups is 1. The van der Waals surface area contributed by atoms with Crippen molar-refractivity contribution in [2.24, 2.45) is 0 Å². The van der Waals surface area contributed by atoms with Crippen LogP contribution in [0.25, 0.3) is 0 Å². The monoisotopic (exact) mass is 304 g/mol. The molecule has 0 radical (unpaired) electrons.